The minimum atomic E-state index is 0.00119. The number of nitrogens with one attached hydrogen (secondary N) is 1. The lowest BCUT2D eigenvalue weighted by Crippen LogP contribution is -2.21. The van der Waals surface area contributed by atoms with Crippen LogP contribution in [0.25, 0.3) is 22.0 Å². The van der Waals surface area contributed by atoms with Gasteiger partial charge in [0.25, 0.3) is 0 Å². The van der Waals surface area contributed by atoms with Gasteiger partial charge in [-0.3, -0.25) is 19.4 Å². The zero-order valence-electron chi connectivity index (χ0n) is 17.9. The first-order chi connectivity index (χ1) is 15.0. The molecule has 0 aliphatic carbocycles. The fourth-order valence-electron chi connectivity index (χ4n) is 3.28. The minimum absolute atomic E-state index is 0.00119. The average Bonchev–Trinajstić information content (AvgIpc) is 3.19. The summed E-state index contributed by atoms with van der Waals surface area (Å²) in [5, 5.41) is 8.41. The van der Waals surface area contributed by atoms with E-state index in [9.17, 15) is 4.79 Å². The van der Waals surface area contributed by atoms with Crippen molar-refractivity contribution in [1.29, 1.82) is 0 Å². The van der Waals surface area contributed by atoms with Crippen molar-refractivity contribution in [2.24, 2.45) is 7.05 Å². The average molecular weight is 416 g/mol. The Morgan fingerprint density at radius 2 is 1.94 bits per heavy atom. The predicted molar refractivity (Wildman–Crippen MR) is 121 cm³/mol. The summed E-state index contributed by atoms with van der Waals surface area (Å²) in [5.74, 6) is 0.700. The lowest BCUT2D eigenvalue weighted by molar-refractivity contribution is 0.0992. The van der Waals surface area contributed by atoms with Gasteiger partial charge in [-0.2, -0.15) is 5.10 Å². The number of likely N-dealkylation sites (N-methyl/N-ethyl adjacent to an activating group) is 1. The normalized spacial score (nSPS) is 11.2. The van der Waals surface area contributed by atoms with Crippen molar-refractivity contribution in [3.8, 4) is 11.1 Å². The van der Waals surface area contributed by atoms with Crippen molar-refractivity contribution in [2.45, 2.75) is 6.42 Å². The molecule has 0 bridgehead atoms. The van der Waals surface area contributed by atoms with Gasteiger partial charge in [0.2, 0.25) is 0 Å². The number of aromatic nitrogens is 5. The second-order valence-corrected chi connectivity index (χ2v) is 7.75. The third-order valence-corrected chi connectivity index (χ3v) is 4.95. The molecule has 0 amide bonds. The zero-order chi connectivity index (χ0) is 21.8. The summed E-state index contributed by atoms with van der Waals surface area (Å²) < 4.78 is 1.76. The molecule has 8 nitrogen and oxygen atoms in total. The molecule has 0 fully saturated rings. The first-order valence-electron chi connectivity index (χ1n) is 10.1. The van der Waals surface area contributed by atoms with Gasteiger partial charge in [0.05, 0.1) is 24.3 Å². The Bertz CT molecular complexity index is 1220. The van der Waals surface area contributed by atoms with Crippen LogP contribution in [0.3, 0.4) is 0 Å². The Labute approximate surface area is 181 Å². The van der Waals surface area contributed by atoms with Gasteiger partial charge in [0.1, 0.15) is 5.82 Å². The number of hydrogen-bond donors (Lipinski definition) is 1. The molecule has 8 heteroatoms. The van der Waals surface area contributed by atoms with Crippen molar-refractivity contribution < 1.29 is 4.79 Å². The summed E-state index contributed by atoms with van der Waals surface area (Å²) in [7, 11) is 5.91. The smallest absolute Gasteiger partial charge is 0.169 e. The number of nitrogens with zero attached hydrogens (tertiary/aromatic N) is 6. The van der Waals surface area contributed by atoms with E-state index in [1.54, 1.807) is 29.2 Å². The lowest BCUT2D eigenvalue weighted by Gasteiger charge is -2.11. The molecule has 0 atom stereocenters. The van der Waals surface area contributed by atoms with E-state index < -0.39 is 0 Å². The van der Waals surface area contributed by atoms with Crippen molar-refractivity contribution in [3.05, 3.63) is 66.5 Å². The molecule has 0 saturated heterocycles. The Balaban J connectivity index is 1.50. The first-order valence-corrected chi connectivity index (χ1v) is 10.1. The Morgan fingerprint density at radius 3 is 2.71 bits per heavy atom. The van der Waals surface area contributed by atoms with Crippen LogP contribution in [0, 0.1) is 0 Å². The molecule has 0 unspecified atom stereocenters. The van der Waals surface area contributed by atoms with Gasteiger partial charge < -0.3 is 10.2 Å². The van der Waals surface area contributed by atoms with E-state index in [1.807, 2.05) is 51.9 Å². The number of anilines is 1. The highest BCUT2D eigenvalue weighted by Crippen LogP contribution is 2.22. The topological polar surface area (TPSA) is 88.8 Å². The molecule has 4 aromatic heterocycles. The van der Waals surface area contributed by atoms with Crippen molar-refractivity contribution in [3.63, 3.8) is 0 Å². The number of Topliss-reactive ketones (excluding diaryl/α,β-unsaturated/α-hetero) is 1. The minimum Gasteiger partial charge on any atom is -0.369 e. The summed E-state index contributed by atoms with van der Waals surface area (Å²) in [4.78, 5) is 28.2. The van der Waals surface area contributed by atoms with Crippen molar-refractivity contribution in [1.82, 2.24) is 29.6 Å². The third kappa shape index (κ3) is 5.10. The second-order valence-electron chi connectivity index (χ2n) is 7.75. The van der Waals surface area contributed by atoms with Gasteiger partial charge in [-0.05, 0) is 38.4 Å². The zero-order valence-corrected chi connectivity index (χ0v) is 17.9. The van der Waals surface area contributed by atoms with E-state index in [1.165, 1.54) is 0 Å². The van der Waals surface area contributed by atoms with Crippen LogP contribution < -0.4 is 5.32 Å². The van der Waals surface area contributed by atoms with E-state index in [0.29, 0.717) is 17.1 Å². The molecule has 4 aromatic rings. The summed E-state index contributed by atoms with van der Waals surface area (Å²) >= 11 is 0. The molecule has 1 N–H and O–H groups in total. The van der Waals surface area contributed by atoms with Crippen LogP contribution in [0.4, 0.5) is 5.82 Å². The summed E-state index contributed by atoms with van der Waals surface area (Å²) in [6, 6.07) is 7.51. The maximum absolute atomic E-state index is 12.8. The maximum atomic E-state index is 12.8. The molecular weight excluding hydrogens is 390 g/mol. The highest BCUT2D eigenvalue weighted by Gasteiger charge is 2.11. The Hall–Kier alpha value is -3.65. The molecule has 0 aliphatic rings. The van der Waals surface area contributed by atoms with Gasteiger partial charge in [-0.1, -0.05) is 0 Å². The maximum Gasteiger partial charge on any atom is 0.169 e. The molecule has 158 valence electrons. The van der Waals surface area contributed by atoms with E-state index in [-0.39, 0.29) is 12.2 Å². The van der Waals surface area contributed by atoms with Crippen LogP contribution in [0.2, 0.25) is 0 Å². The van der Waals surface area contributed by atoms with Crippen LogP contribution in [-0.4, -0.2) is 62.6 Å². The number of fused-ring (bicyclic) bond motifs is 1. The highest BCUT2D eigenvalue weighted by molar-refractivity contribution is 5.98. The van der Waals surface area contributed by atoms with Gasteiger partial charge in [0, 0.05) is 66.5 Å². The fourth-order valence-corrected chi connectivity index (χ4v) is 3.28. The van der Waals surface area contributed by atoms with Gasteiger partial charge >= 0.3 is 0 Å². The number of hydrogen-bond acceptors (Lipinski definition) is 7. The summed E-state index contributed by atoms with van der Waals surface area (Å²) in [5.41, 5.74) is 4.09. The standard InChI is InChI=1S/C23H25N7O/c1-29(2)7-6-25-23-10-16(4-5-24-23)22(31)11-20-9-17-8-18(12-27-21(17)14-26-20)19-13-28-30(3)15-19/h4-5,8-10,12-15H,6-7,11H2,1-3H3,(H,24,25). The molecule has 0 aromatic carbocycles. The monoisotopic (exact) mass is 415 g/mol. The van der Waals surface area contributed by atoms with Crippen LogP contribution in [0.5, 0.6) is 0 Å². The predicted octanol–water partition coefficient (Wildman–Crippen LogP) is 2.82. The molecule has 0 radical (unpaired) electrons. The largest absolute Gasteiger partial charge is 0.369 e. The van der Waals surface area contributed by atoms with Crippen LogP contribution in [0.15, 0.2) is 55.2 Å². The second kappa shape index (κ2) is 9.01. The number of aryl methyl sites for hydroxylation is 1. The Kier molecular flexibility index (Phi) is 5.99. The molecule has 0 saturated carbocycles. The number of ketones is 1. The van der Waals surface area contributed by atoms with Crippen molar-refractivity contribution >= 4 is 22.5 Å². The molecule has 0 spiro atoms. The summed E-state index contributed by atoms with van der Waals surface area (Å²) in [6.45, 7) is 1.64. The summed E-state index contributed by atoms with van der Waals surface area (Å²) in [6.07, 6.45) is 9.15. The van der Waals surface area contributed by atoms with Crippen LogP contribution in [0.1, 0.15) is 16.1 Å². The quantitative estimate of drug-likeness (QED) is 0.443. The molecule has 4 heterocycles. The van der Waals surface area contributed by atoms with Gasteiger partial charge in [-0.25, -0.2) is 4.98 Å². The fraction of sp³-hybridized carbons (Fsp3) is 0.261. The third-order valence-electron chi connectivity index (χ3n) is 4.95. The number of rotatable bonds is 8. The number of carbonyl (C=O) groups excluding carboxylic acids is 1. The lowest BCUT2D eigenvalue weighted by atomic mass is 10.1. The van der Waals surface area contributed by atoms with Crippen LogP contribution >= 0.6 is 0 Å². The molecule has 4 rings (SSSR count). The van der Waals surface area contributed by atoms with E-state index >= 15 is 0 Å². The number of pyridine rings is 3. The number of carbonyl (C=O) groups is 1. The molecular formula is C23H25N7O. The van der Waals surface area contributed by atoms with Crippen molar-refractivity contribution in [2.75, 3.05) is 32.5 Å². The SMILES string of the molecule is CN(C)CCNc1cc(C(=O)Cc2cc3cc(-c4cnn(C)c4)cnc3cn2)ccn1. The Morgan fingerprint density at radius 1 is 1.06 bits per heavy atom. The highest BCUT2D eigenvalue weighted by atomic mass is 16.1. The molecule has 31 heavy (non-hydrogen) atoms. The first kappa shape index (κ1) is 20.6. The molecule has 0 aliphatic heterocycles. The van der Waals surface area contributed by atoms with E-state index in [0.717, 1.165) is 35.1 Å². The van der Waals surface area contributed by atoms with Crippen LogP contribution in [-0.2, 0) is 13.5 Å². The van der Waals surface area contributed by atoms with E-state index in [4.69, 9.17) is 0 Å². The van der Waals surface area contributed by atoms with Gasteiger partial charge in [-0.15, -0.1) is 0 Å². The van der Waals surface area contributed by atoms with E-state index in [2.05, 4.69) is 30.3 Å². The van der Waals surface area contributed by atoms with Gasteiger partial charge in [0.15, 0.2) is 5.78 Å².